The fourth-order valence-electron chi connectivity index (χ4n) is 4.15. The van der Waals surface area contributed by atoms with E-state index in [1.165, 1.54) is 24.1 Å². The molecule has 0 spiro atoms. The normalized spacial score (nSPS) is 12.6. The zero-order chi connectivity index (χ0) is 30.9. The third-order valence-corrected chi connectivity index (χ3v) is 8.56. The van der Waals surface area contributed by atoms with Crippen molar-refractivity contribution in [2.24, 2.45) is 0 Å². The van der Waals surface area contributed by atoms with Gasteiger partial charge in [0.25, 0.3) is 10.0 Å². The number of ether oxygens (including phenoxy) is 2. The molecule has 0 unspecified atom stereocenters. The van der Waals surface area contributed by atoms with Crippen molar-refractivity contribution in [3.63, 3.8) is 0 Å². The fraction of sp³-hybridized carbons (Fsp3) is 0.355. The molecule has 0 bridgehead atoms. The zero-order valence-electron chi connectivity index (χ0n) is 24.5. The Hall–Kier alpha value is -4.12. The van der Waals surface area contributed by atoms with Gasteiger partial charge in [-0.1, -0.05) is 19.1 Å². The lowest BCUT2D eigenvalue weighted by Gasteiger charge is -2.32. The topological polar surface area (TPSA) is 105 Å². The summed E-state index contributed by atoms with van der Waals surface area (Å²) in [5, 5.41) is 2.90. The summed E-state index contributed by atoms with van der Waals surface area (Å²) in [5.41, 5.74) is 0.897. The van der Waals surface area contributed by atoms with E-state index < -0.39 is 34.3 Å². The number of rotatable bonds is 14. The molecule has 3 aromatic carbocycles. The fourth-order valence-corrected chi connectivity index (χ4v) is 5.57. The minimum atomic E-state index is -4.32. The number of carbonyl (C=O) groups is 2. The van der Waals surface area contributed by atoms with Crippen molar-refractivity contribution in [2.75, 3.05) is 24.6 Å². The van der Waals surface area contributed by atoms with E-state index in [0.29, 0.717) is 30.1 Å². The van der Waals surface area contributed by atoms with Crippen molar-refractivity contribution < 1.29 is 31.9 Å². The van der Waals surface area contributed by atoms with Crippen LogP contribution >= 0.6 is 0 Å². The summed E-state index contributed by atoms with van der Waals surface area (Å²) in [6.45, 7) is 7.06. The maximum absolute atomic E-state index is 14.0. The van der Waals surface area contributed by atoms with Crippen LogP contribution in [0.2, 0.25) is 0 Å². The van der Waals surface area contributed by atoms with Crippen LogP contribution < -0.4 is 19.1 Å². The van der Waals surface area contributed by atoms with Gasteiger partial charge in [0.15, 0.2) is 0 Å². The number of hydrogen-bond acceptors (Lipinski definition) is 6. The van der Waals surface area contributed by atoms with Crippen molar-refractivity contribution in [1.82, 2.24) is 10.2 Å². The molecule has 0 fully saturated rings. The largest absolute Gasteiger partial charge is 0.497 e. The average Bonchev–Trinajstić information content (AvgIpc) is 2.99. The molecule has 42 heavy (non-hydrogen) atoms. The van der Waals surface area contributed by atoms with Gasteiger partial charge in [-0.25, -0.2) is 12.8 Å². The van der Waals surface area contributed by atoms with Gasteiger partial charge < -0.3 is 19.7 Å². The molecule has 0 saturated heterocycles. The number of anilines is 1. The zero-order valence-corrected chi connectivity index (χ0v) is 25.4. The Labute approximate surface area is 247 Å². The van der Waals surface area contributed by atoms with Gasteiger partial charge in [-0.2, -0.15) is 0 Å². The summed E-state index contributed by atoms with van der Waals surface area (Å²) in [6, 6.07) is 16.7. The SMILES string of the molecule is CCOc1ccc(N(CC(=O)N(Cc2cccc(OC)c2)[C@@H](C)C(=O)N[C@@H](C)CC)S(=O)(=O)c2ccc(F)cc2)cc1. The highest BCUT2D eigenvalue weighted by molar-refractivity contribution is 7.92. The van der Waals surface area contributed by atoms with E-state index in [1.807, 2.05) is 20.8 Å². The molecule has 0 aliphatic heterocycles. The van der Waals surface area contributed by atoms with Crippen molar-refractivity contribution in [3.05, 3.63) is 84.2 Å². The first-order valence-corrected chi connectivity index (χ1v) is 15.2. The van der Waals surface area contributed by atoms with Gasteiger partial charge in [0.05, 0.1) is 24.3 Å². The lowest BCUT2D eigenvalue weighted by molar-refractivity contribution is -0.139. The Morgan fingerprint density at radius 3 is 2.21 bits per heavy atom. The first kappa shape index (κ1) is 32.4. The molecule has 3 aromatic rings. The van der Waals surface area contributed by atoms with E-state index >= 15 is 0 Å². The van der Waals surface area contributed by atoms with Crippen molar-refractivity contribution >= 4 is 27.5 Å². The predicted octanol–water partition coefficient (Wildman–Crippen LogP) is 4.76. The van der Waals surface area contributed by atoms with Crippen molar-refractivity contribution in [3.8, 4) is 11.5 Å². The Bertz CT molecular complexity index is 1450. The first-order valence-electron chi connectivity index (χ1n) is 13.7. The van der Waals surface area contributed by atoms with Crippen LogP contribution in [0.15, 0.2) is 77.7 Å². The highest BCUT2D eigenvalue weighted by Crippen LogP contribution is 2.27. The maximum Gasteiger partial charge on any atom is 0.264 e. The van der Waals surface area contributed by atoms with Gasteiger partial charge in [0, 0.05) is 12.6 Å². The van der Waals surface area contributed by atoms with Crippen LogP contribution in [0.25, 0.3) is 0 Å². The smallest absolute Gasteiger partial charge is 0.264 e. The van der Waals surface area contributed by atoms with Gasteiger partial charge in [-0.15, -0.1) is 0 Å². The number of benzene rings is 3. The van der Waals surface area contributed by atoms with Gasteiger partial charge in [-0.05, 0) is 93.4 Å². The summed E-state index contributed by atoms with van der Waals surface area (Å²) >= 11 is 0. The number of nitrogens with one attached hydrogen (secondary N) is 1. The molecule has 0 aliphatic carbocycles. The monoisotopic (exact) mass is 599 g/mol. The second kappa shape index (κ2) is 14.7. The maximum atomic E-state index is 14.0. The Morgan fingerprint density at radius 2 is 1.62 bits per heavy atom. The number of sulfonamides is 1. The Morgan fingerprint density at radius 1 is 0.952 bits per heavy atom. The van der Waals surface area contributed by atoms with Gasteiger partial charge in [-0.3, -0.25) is 13.9 Å². The first-order chi connectivity index (χ1) is 20.0. The minimum Gasteiger partial charge on any atom is -0.497 e. The Kier molecular flexibility index (Phi) is 11.3. The number of hydrogen-bond donors (Lipinski definition) is 1. The molecule has 9 nitrogen and oxygen atoms in total. The van der Waals surface area contributed by atoms with Crippen molar-refractivity contribution in [1.29, 1.82) is 0 Å². The van der Waals surface area contributed by atoms with Crippen LogP contribution in [-0.2, 0) is 26.2 Å². The molecule has 0 aromatic heterocycles. The lowest BCUT2D eigenvalue weighted by Crippen LogP contribution is -2.52. The average molecular weight is 600 g/mol. The van der Waals surface area contributed by atoms with Gasteiger partial charge in [0.2, 0.25) is 11.8 Å². The highest BCUT2D eigenvalue weighted by atomic mass is 32.2. The second-order valence-corrected chi connectivity index (χ2v) is 11.6. The number of amides is 2. The second-order valence-electron chi connectivity index (χ2n) is 9.76. The quantitative estimate of drug-likeness (QED) is 0.287. The van der Waals surface area contributed by atoms with Crippen LogP contribution in [0.3, 0.4) is 0 Å². The van der Waals surface area contributed by atoms with Crippen LogP contribution in [-0.4, -0.2) is 57.5 Å². The molecule has 3 rings (SSSR count). The Balaban J connectivity index is 2.04. The summed E-state index contributed by atoms with van der Waals surface area (Å²) < 4.78 is 53.1. The molecule has 1 N–H and O–H groups in total. The lowest BCUT2D eigenvalue weighted by atomic mass is 10.1. The third kappa shape index (κ3) is 8.22. The number of methoxy groups -OCH3 is 1. The molecule has 226 valence electrons. The molecule has 2 amide bonds. The van der Waals surface area contributed by atoms with E-state index in [9.17, 15) is 22.4 Å². The van der Waals surface area contributed by atoms with E-state index in [-0.39, 0.29) is 29.1 Å². The summed E-state index contributed by atoms with van der Waals surface area (Å²) in [6.07, 6.45) is 0.698. The summed E-state index contributed by atoms with van der Waals surface area (Å²) in [4.78, 5) is 28.3. The van der Waals surface area contributed by atoms with Crippen LogP contribution in [0.4, 0.5) is 10.1 Å². The predicted molar refractivity (Wildman–Crippen MR) is 159 cm³/mol. The van der Waals surface area contributed by atoms with Gasteiger partial charge >= 0.3 is 0 Å². The summed E-state index contributed by atoms with van der Waals surface area (Å²) in [5.74, 6) is -0.463. The third-order valence-electron chi connectivity index (χ3n) is 6.77. The van der Waals surface area contributed by atoms with Crippen LogP contribution in [0.1, 0.15) is 39.7 Å². The van der Waals surface area contributed by atoms with E-state index in [1.54, 1.807) is 43.3 Å². The van der Waals surface area contributed by atoms with Crippen LogP contribution in [0, 0.1) is 5.82 Å². The molecule has 11 heteroatoms. The molecule has 2 atom stereocenters. The molecule has 0 saturated carbocycles. The van der Waals surface area contributed by atoms with E-state index in [0.717, 1.165) is 28.6 Å². The molecular formula is C31H38FN3O6S. The van der Waals surface area contributed by atoms with Crippen LogP contribution in [0.5, 0.6) is 11.5 Å². The number of halogens is 1. The standard InChI is InChI=1S/C31H38FN3O6S/c1-6-22(3)33-31(37)23(4)34(20-24-9-8-10-28(19-24)40-5)30(36)21-35(26-13-15-27(16-14-26)41-7-2)42(38,39)29-17-11-25(32)12-18-29/h8-19,22-23H,6-7,20-21H2,1-5H3,(H,33,37)/t22-,23-/m0/s1. The van der Waals surface area contributed by atoms with E-state index in [4.69, 9.17) is 9.47 Å². The van der Waals surface area contributed by atoms with Gasteiger partial charge in [0.1, 0.15) is 29.9 Å². The van der Waals surface area contributed by atoms with Crippen molar-refractivity contribution in [2.45, 2.75) is 57.6 Å². The minimum absolute atomic E-state index is 0.0266. The number of carbonyl (C=O) groups excluding carboxylic acids is 2. The highest BCUT2D eigenvalue weighted by Gasteiger charge is 2.33. The molecular weight excluding hydrogens is 561 g/mol. The molecule has 0 heterocycles. The number of nitrogens with zero attached hydrogens (tertiary/aromatic N) is 2. The molecule has 0 aliphatic rings. The summed E-state index contributed by atoms with van der Waals surface area (Å²) in [7, 11) is -2.79. The molecule has 0 radical (unpaired) electrons. The van der Waals surface area contributed by atoms with E-state index in [2.05, 4.69) is 5.32 Å².